The fourth-order valence-corrected chi connectivity index (χ4v) is 3.54. The summed E-state index contributed by atoms with van der Waals surface area (Å²) in [4.78, 5) is 26.5. The highest BCUT2D eigenvalue weighted by Crippen LogP contribution is 2.23. The minimum absolute atomic E-state index is 0.0204. The van der Waals surface area contributed by atoms with Crippen LogP contribution in [0, 0.1) is 5.82 Å². The number of halogens is 2. The third kappa shape index (κ3) is 5.68. The van der Waals surface area contributed by atoms with E-state index >= 15 is 0 Å². The van der Waals surface area contributed by atoms with Crippen molar-refractivity contribution in [3.63, 3.8) is 0 Å². The van der Waals surface area contributed by atoms with Gasteiger partial charge in [-0.25, -0.2) is 4.39 Å². The SMILES string of the molecule is O=C(CC1C(=O)NCCN1Cc1c(F)cccc1Cl)NCCc1ccc(O)cc1. The van der Waals surface area contributed by atoms with E-state index in [0.717, 1.165) is 5.56 Å². The molecule has 0 aromatic heterocycles. The molecule has 1 saturated heterocycles. The summed E-state index contributed by atoms with van der Waals surface area (Å²) in [5.41, 5.74) is 1.30. The number of hydrogen-bond acceptors (Lipinski definition) is 4. The molecule has 0 aliphatic carbocycles. The molecular formula is C21H23ClFN3O3. The summed E-state index contributed by atoms with van der Waals surface area (Å²) in [6, 6.07) is 10.5. The van der Waals surface area contributed by atoms with E-state index in [-0.39, 0.29) is 30.5 Å². The molecule has 1 aliphatic rings. The lowest BCUT2D eigenvalue weighted by Gasteiger charge is -2.35. The molecule has 6 nitrogen and oxygen atoms in total. The molecule has 1 aliphatic heterocycles. The zero-order valence-corrected chi connectivity index (χ0v) is 16.6. The van der Waals surface area contributed by atoms with Crippen molar-refractivity contribution in [3.05, 3.63) is 64.4 Å². The van der Waals surface area contributed by atoms with E-state index in [1.165, 1.54) is 12.1 Å². The van der Waals surface area contributed by atoms with Crippen LogP contribution in [0.25, 0.3) is 0 Å². The summed E-state index contributed by atoms with van der Waals surface area (Å²) in [5.74, 6) is -0.746. The molecular weight excluding hydrogens is 397 g/mol. The lowest BCUT2D eigenvalue weighted by Crippen LogP contribution is -2.56. The van der Waals surface area contributed by atoms with Crippen molar-refractivity contribution >= 4 is 23.4 Å². The largest absolute Gasteiger partial charge is 0.508 e. The van der Waals surface area contributed by atoms with Crippen molar-refractivity contribution < 1.29 is 19.1 Å². The van der Waals surface area contributed by atoms with E-state index in [1.54, 1.807) is 35.2 Å². The predicted octanol–water partition coefficient (Wildman–Crippen LogP) is 2.23. The van der Waals surface area contributed by atoms with Gasteiger partial charge in [0.05, 0.1) is 12.5 Å². The van der Waals surface area contributed by atoms with Crippen LogP contribution in [0.1, 0.15) is 17.5 Å². The summed E-state index contributed by atoms with van der Waals surface area (Å²) in [6.07, 6.45) is 0.588. The van der Waals surface area contributed by atoms with Crippen LogP contribution in [0.5, 0.6) is 5.75 Å². The standard InChI is InChI=1S/C21H23ClFN3O3/c22-17-2-1-3-18(23)16(17)13-26-11-10-25-21(29)19(26)12-20(28)24-9-8-14-4-6-15(27)7-5-14/h1-7,19,27H,8-13H2,(H,24,28)(H,25,29). The van der Waals surface area contributed by atoms with Gasteiger partial charge in [0.15, 0.2) is 0 Å². The van der Waals surface area contributed by atoms with Gasteiger partial charge in [-0.3, -0.25) is 14.5 Å². The number of nitrogens with zero attached hydrogens (tertiary/aromatic N) is 1. The molecule has 3 rings (SSSR count). The first kappa shape index (κ1) is 21.1. The van der Waals surface area contributed by atoms with Gasteiger partial charge < -0.3 is 15.7 Å². The van der Waals surface area contributed by atoms with Gasteiger partial charge in [0.1, 0.15) is 11.6 Å². The molecule has 1 heterocycles. The lowest BCUT2D eigenvalue weighted by atomic mass is 10.1. The quantitative estimate of drug-likeness (QED) is 0.643. The first-order valence-electron chi connectivity index (χ1n) is 9.43. The number of carbonyl (C=O) groups is 2. The van der Waals surface area contributed by atoms with Gasteiger partial charge in [-0.2, -0.15) is 0 Å². The number of rotatable bonds is 7. The molecule has 0 radical (unpaired) electrons. The Hall–Kier alpha value is -2.64. The highest BCUT2D eigenvalue weighted by Gasteiger charge is 2.32. The molecule has 2 amide bonds. The molecule has 0 saturated carbocycles. The Labute approximate surface area is 173 Å². The molecule has 29 heavy (non-hydrogen) atoms. The van der Waals surface area contributed by atoms with E-state index in [2.05, 4.69) is 10.6 Å². The Kier molecular flexibility index (Phi) is 7.06. The van der Waals surface area contributed by atoms with Gasteiger partial charge in [-0.15, -0.1) is 0 Å². The van der Waals surface area contributed by atoms with Crippen LogP contribution in [0.3, 0.4) is 0 Å². The van der Waals surface area contributed by atoms with Gasteiger partial charge in [-0.05, 0) is 36.2 Å². The smallest absolute Gasteiger partial charge is 0.237 e. The number of carbonyl (C=O) groups excluding carboxylic acids is 2. The van der Waals surface area contributed by atoms with Crippen LogP contribution in [-0.4, -0.2) is 47.5 Å². The predicted molar refractivity (Wildman–Crippen MR) is 108 cm³/mol. The fourth-order valence-electron chi connectivity index (χ4n) is 3.32. The van der Waals surface area contributed by atoms with Crippen LogP contribution in [0.2, 0.25) is 5.02 Å². The molecule has 1 fully saturated rings. The number of phenols is 1. The van der Waals surface area contributed by atoms with E-state index in [4.69, 9.17) is 11.6 Å². The minimum Gasteiger partial charge on any atom is -0.508 e. The first-order chi connectivity index (χ1) is 13.9. The Morgan fingerprint density at radius 3 is 2.76 bits per heavy atom. The second-order valence-corrected chi connectivity index (χ2v) is 7.36. The van der Waals surface area contributed by atoms with Crippen molar-refractivity contribution in [2.75, 3.05) is 19.6 Å². The second kappa shape index (κ2) is 9.71. The first-order valence-corrected chi connectivity index (χ1v) is 9.81. The molecule has 0 spiro atoms. The average Bonchev–Trinajstić information content (AvgIpc) is 2.69. The normalized spacial score (nSPS) is 17.0. The maximum atomic E-state index is 14.1. The van der Waals surface area contributed by atoms with Crippen LogP contribution in [-0.2, 0) is 22.6 Å². The number of amides is 2. The minimum atomic E-state index is -0.687. The van der Waals surface area contributed by atoms with Gasteiger partial charge >= 0.3 is 0 Å². The van der Waals surface area contributed by atoms with E-state index in [0.29, 0.717) is 36.6 Å². The van der Waals surface area contributed by atoms with E-state index in [9.17, 15) is 19.1 Å². The van der Waals surface area contributed by atoms with Gasteiger partial charge in [0.25, 0.3) is 0 Å². The van der Waals surface area contributed by atoms with Crippen LogP contribution in [0.15, 0.2) is 42.5 Å². The summed E-state index contributed by atoms with van der Waals surface area (Å²) in [7, 11) is 0. The molecule has 0 bridgehead atoms. The number of nitrogens with one attached hydrogen (secondary N) is 2. The summed E-state index contributed by atoms with van der Waals surface area (Å²) in [6.45, 7) is 1.51. The van der Waals surface area contributed by atoms with Crippen molar-refractivity contribution in [1.29, 1.82) is 0 Å². The maximum Gasteiger partial charge on any atom is 0.237 e. The molecule has 154 valence electrons. The number of aromatic hydroxyl groups is 1. The third-order valence-corrected chi connectivity index (χ3v) is 5.27. The third-order valence-electron chi connectivity index (χ3n) is 4.92. The van der Waals surface area contributed by atoms with Crippen LogP contribution in [0.4, 0.5) is 4.39 Å². The van der Waals surface area contributed by atoms with Gasteiger partial charge in [-0.1, -0.05) is 29.8 Å². The molecule has 2 aromatic rings. The highest BCUT2D eigenvalue weighted by atomic mass is 35.5. The Morgan fingerprint density at radius 2 is 2.03 bits per heavy atom. The summed E-state index contributed by atoms with van der Waals surface area (Å²) in [5, 5.41) is 15.2. The Balaban J connectivity index is 1.58. The zero-order chi connectivity index (χ0) is 20.8. The number of benzene rings is 2. The number of hydrogen-bond donors (Lipinski definition) is 3. The highest BCUT2D eigenvalue weighted by molar-refractivity contribution is 6.31. The number of phenolic OH excluding ortho intramolecular Hbond substituents is 1. The maximum absolute atomic E-state index is 14.1. The van der Waals surface area contributed by atoms with Crippen molar-refractivity contribution in [3.8, 4) is 5.75 Å². The van der Waals surface area contributed by atoms with E-state index in [1.807, 2.05) is 0 Å². The molecule has 1 atom stereocenters. The molecule has 2 aromatic carbocycles. The topological polar surface area (TPSA) is 81.7 Å². The summed E-state index contributed by atoms with van der Waals surface area (Å²) >= 11 is 6.11. The Morgan fingerprint density at radius 1 is 1.28 bits per heavy atom. The monoisotopic (exact) mass is 419 g/mol. The fraction of sp³-hybridized carbons (Fsp3) is 0.333. The van der Waals surface area contributed by atoms with Crippen molar-refractivity contribution in [2.45, 2.75) is 25.4 Å². The summed E-state index contributed by atoms with van der Waals surface area (Å²) < 4.78 is 14.1. The molecule has 3 N–H and O–H groups in total. The van der Waals surface area contributed by atoms with Gasteiger partial charge in [0, 0.05) is 36.8 Å². The van der Waals surface area contributed by atoms with E-state index < -0.39 is 11.9 Å². The number of piperazine rings is 1. The lowest BCUT2D eigenvalue weighted by molar-refractivity contribution is -0.134. The van der Waals surface area contributed by atoms with Gasteiger partial charge in [0.2, 0.25) is 11.8 Å². The van der Waals surface area contributed by atoms with Crippen molar-refractivity contribution in [1.82, 2.24) is 15.5 Å². The average molecular weight is 420 g/mol. The van der Waals surface area contributed by atoms with Crippen molar-refractivity contribution in [2.24, 2.45) is 0 Å². The van der Waals surface area contributed by atoms with Crippen LogP contribution < -0.4 is 10.6 Å². The molecule has 1 unspecified atom stereocenters. The Bertz CT molecular complexity index is 856. The van der Waals surface area contributed by atoms with Crippen LogP contribution >= 0.6 is 11.6 Å². The zero-order valence-electron chi connectivity index (χ0n) is 15.8. The molecule has 8 heteroatoms. The second-order valence-electron chi connectivity index (χ2n) is 6.95.